The molecule has 0 bridgehead atoms. The monoisotopic (exact) mass is 260 g/mol. The van der Waals surface area contributed by atoms with Crippen molar-refractivity contribution in [3.8, 4) is 0 Å². The van der Waals surface area contributed by atoms with Gasteiger partial charge in [0.2, 0.25) is 5.91 Å². The molecule has 0 radical (unpaired) electrons. The molecule has 2 amide bonds. The van der Waals surface area contributed by atoms with Gasteiger partial charge < -0.3 is 5.32 Å². The third-order valence-corrected chi connectivity index (χ3v) is 3.56. The van der Waals surface area contributed by atoms with E-state index in [1.54, 1.807) is 0 Å². The largest absolute Gasteiger partial charge is 0.373 e. The smallest absolute Gasteiger partial charge is 0.252 e. The number of hydrogen-bond donors (Lipinski definition) is 1. The summed E-state index contributed by atoms with van der Waals surface area (Å²) in [5, 5.41) is 3.24. The van der Waals surface area contributed by atoms with Crippen molar-refractivity contribution in [3.63, 3.8) is 0 Å². The van der Waals surface area contributed by atoms with Gasteiger partial charge in [-0.25, -0.2) is 0 Å². The van der Waals surface area contributed by atoms with Crippen LogP contribution in [0.1, 0.15) is 30.0 Å². The van der Waals surface area contributed by atoms with E-state index in [0.29, 0.717) is 6.54 Å². The van der Waals surface area contributed by atoms with Gasteiger partial charge in [0.05, 0.1) is 6.42 Å². The van der Waals surface area contributed by atoms with Crippen LogP contribution in [0.2, 0.25) is 0 Å². The minimum atomic E-state index is -0.424. The standard InChI is InChI=1S/C15H20N2O2/c1-5-17-13(18)8-12(15(17)19)16-14-10(3)6-9(2)7-11(14)4/h6-7,12,16H,5,8H2,1-4H3. The van der Waals surface area contributed by atoms with Gasteiger partial charge in [-0.15, -0.1) is 0 Å². The predicted molar refractivity (Wildman–Crippen MR) is 75.1 cm³/mol. The molecular weight excluding hydrogens is 240 g/mol. The summed E-state index contributed by atoms with van der Waals surface area (Å²) in [5.41, 5.74) is 4.37. The van der Waals surface area contributed by atoms with Gasteiger partial charge in [0.25, 0.3) is 5.91 Å². The van der Waals surface area contributed by atoms with Crippen LogP contribution in [0, 0.1) is 20.8 Å². The SMILES string of the molecule is CCN1C(=O)CC(Nc2c(C)cc(C)cc2C)C1=O. The molecule has 1 aromatic rings. The molecule has 1 unspecified atom stereocenters. The van der Waals surface area contributed by atoms with Crippen molar-refractivity contribution in [2.45, 2.75) is 40.2 Å². The summed E-state index contributed by atoms with van der Waals surface area (Å²) in [6.07, 6.45) is 0.249. The van der Waals surface area contributed by atoms with Gasteiger partial charge in [-0.1, -0.05) is 17.7 Å². The maximum absolute atomic E-state index is 12.1. The lowest BCUT2D eigenvalue weighted by Crippen LogP contribution is -2.34. The highest BCUT2D eigenvalue weighted by atomic mass is 16.2. The van der Waals surface area contributed by atoms with Gasteiger partial charge in [0.1, 0.15) is 6.04 Å². The first-order valence-electron chi connectivity index (χ1n) is 6.62. The summed E-state index contributed by atoms with van der Waals surface area (Å²) in [6.45, 7) is 8.34. The summed E-state index contributed by atoms with van der Waals surface area (Å²) in [5.74, 6) is -0.209. The average molecular weight is 260 g/mol. The first-order valence-corrected chi connectivity index (χ1v) is 6.62. The molecule has 1 N–H and O–H groups in total. The molecule has 2 rings (SSSR count). The number of carbonyl (C=O) groups is 2. The number of imide groups is 1. The molecular formula is C15H20N2O2. The number of likely N-dealkylation sites (tertiary alicyclic amines) is 1. The molecule has 1 atom stereocenters. The zero-order valence-corrected chi connectivity index (χ0v) is 11.9. The normalized spacial score (nSPS) is 19.2. The number of rotatable bonds is 3. The van der Waals surface area contributed by atoms with Crippen LogP contribution >= 0.6 is 0 Å². The molecule has 1 saturated heterocycles. The Morgan fingerprint density at radius 3 is 2.26 bits per heavy atom. The third-order valence-electron chi connectivity index (χ3n) is 3.56. The van der Waals surface area contributed by atoms with E-state index in [-0.39, 0.29) is 18.2 Å². The van der Waals surface area contributed by atoms with Crippen LogP contribution < -0.4 is 5.32 Å². The van der Waals surface area contributed by atoms with E-state index in [0.717, 1.165) is 16.8 Å². The van der Waals surface area contributed by atoms with Gasteiger partial charge in [-0.3, -0.25) is 14.5 Å². The fourth-order valence-electron chi connectivity index (χ4n) is 2.71. The molecule has 102 valence electrons. The van der Waals surface area contributed by atoms with Gasteiger partial charge in [0.15, 0.2) is 0 Å². The van der Waals surface area contributed by atoms with Crippen LogP contribution in [0.4, 0.5) is 5.69 Å². The van der Waals surface area contributed by atoms with E-state index in [2.05, 4.69) is 17.4 Å². The minimum Gasteiger partial charge on any atom is -0.373 e. The van der Waals surface area contributed by atoms with Gasteiger partial charge >= 0.3 is 0 Å². The van der Waals surface area contributed by atoms with Crippen molar-refractivity contribution in [3.05, 3.63) is 28.8 Å². The van der Waals surface area contributed by atoms with Crippen LogP contribution in [0.15, 0.2) is 12.1 Å². The summed E-state index contributed by atoms with van der Waals surface area (Å²) in [7, 11) is 0. The zero-order chi connectivity index (χ0) is 14.2. The molecule has 4 heteroatoms. The number of nitrogens with one attached hydrogen (secondary N) is 1. The van der Waals surface area contributed by atoms with Crippen molar-refractivity contribution in [1.29, 1.82) is 0 Å². The van der Waals surface area contributed by atoms with Crippen molar-refractivity contribution >= 4 is 17.5 Å². The second kappa shape index (κ2) is 5.03. The summed E-state index contributed by atoms with van der Waals surface area (Å²) in [6, 6.07) is 3.73. The number of anilines is 1. The van der Waals surface area contributed by atoms with E-state index >= 15 is 0 Å². The number of likely N-dealkylation sites (N-methyl/N-ethyl adjacent to an activating group) is 1. The molecule has 0 saturated carbocycles. The highest BCUT2D eigenvalue weighted by Crippen LogP contribution is 2.25. The fourth-order valence-corrected chi connectivity index (χ4v) is 2.71. The average Bonchev–Trinajstić information content (AvgIpc) is 2.58. The lowest BCUT2D eigenvalue weighted by atomic mass is 10.0. The van der Waals surface area contributed by atoms with Crippen molar-refractivity contribution in [1.82, 2.24) is 4.90 Å². The second-order valence-corrected chi connectivity index (χ2v) is 5.15. The quantitative estimate of drug-likeness (QED) is 0.847. The Labute approximate surface area is 113 Å². The first kappa shape index (κ1) is 13.6. The molecule has 19 heavy (non-hydrogen) atoms. The molecule has 0 aromatic heterocycles. The summed E-state index contributed by atoms with van der Waals surface area (Å²) in [4.78, 5) is 25.1. The molecule has 4 nitrogen and oxygen atoms in total. The zero-order valence-electron chi connectivity index (χ0n) is 11.9. The van der Waals surface area contributed by atoms with Crippen LogP contribution in [-0.4, -0.2) is 29.3 Å². The second-order valence-electron chi connectivity index (χ2n) is 5.15. The van der Waals surface area contributed by atoms with Crippen LogP contribution in [0.25, 0.3) is 0 Å². The lowest BCUT2D eigenvalue weighted by molar-refractivity contribution is -0.138. The number of amides is 2. The highest BCUT2D eigenvalue weighted by molar-refractivity contribution is 6.06. The Bertz CT molecular complexity index is 514. The van der Waals surface area contributed by atoms with E-state index in [1.165, 1.54) is 10.5 Å². The molecule has 1 aromatic carbocycles. The Kier molecular flexibility index (Phi) is 3.60. The lowest BCUT2D eigenvalue weighted by Gasteiger charge is -2.18. The third kappa shape index (κ3) is 2.48. The minimum absolute atomic E-state index is 0.0904. The van der Waals surface area contributed by atoms with E-state index in [9.17, 15) is 9.59 Å². The Balaban J connectivity index is 2.24. The van der Waals surface area contributed by atoms with Crippen molar-refractivity contribution in [2.75, 3.05) is 11.9 Å². The Morgan fingerprint density at radius 1 is 1.21 bits per heavy atom. The molecule has 1 aliphatic heterocycles. The van der Waals surface area contributed by atoms with Crippen molar-refractivity contribution < 1.29 is 9.59 Å². The molecule has 1 heterocycles. The van der Waals surface area contributed by atoms with E-state index in [1.807, 2.05) is 27.7 Å². The topological polar surface area (TPSA) is 49.4 Å². The molecule has 0 aliphatic carbocycles. The number of aryl methyl sites for hydroxylation is 3. The predicted octanol–water partition coefficient (Wildman–Crippen LogP) is 2.17. The van der Waals surface area contributed by atoms with Crippen LogP contribution in [0.5, 0.6) is 0 Å². The fraction of sp³-hybridized carbons (Fsp3) is 0.467. The van der Waals surface area contributed by atoms with Crippen LogP contribution in [0.3, 0.4) is 0 Å². The molecule has 0 spiro atoms. The maximum atomic E-state index is 12.1. The van der Waals surface area contributed by atoms with E-state index < -0.39 is 6.04 Å². The number of nitrogens with zero attached hydrogens (tertiary/aromatic N) is 1. The Hall–Kier alpha value is -1.84. The first-order chi connectivity index (χ1) is 8.93. The van der Waals surface area contributed by atoms with Crippen LogP contribution in [-0.2, 0) is 9.59 Å². The molecule has 1 aliphatic rings. The van der Waals surface area contributed by atoms with Gasteiger partial charge in [-0.05, 0) is 38.8 Å². The summed E-state index contributed by atoms with van der Waals surface area (Å²) < 4.78 is 0. The summed E-state index contributed by atoms with van der Waals surface area (Å²) >= 11 is 0. The number of carbonyl (C=O) groups excluding carboxylic acids is 2. The van der Waals surface area contributed by atoms with Crippen molar-refractivity contribution in [2.24, 2.45) is 0 Å². The van der Waals surface area contributed by atoms with E-state index in [4.69, 9.17) is 0 Å². The highest BCUT2D eigenvalue weighted by Gasteiger charge is 2.37. The maximum Gasteiger partial charge on any atom is 0.252 e. The van der Waals surface area contributed by atoms with Gasteiger partial charge in [-0.2, -0.15) is 0 Å². The number of hydrogen-bond acceptors (Lipinski definition) is 3. The number of benzene rings is 1. The molecule has 1 fully saturated rings. The Morgan fingerprint density at radius 2 is 1.79 bits per heavy atom. The van der Waals surface area contributed by atoms with Gasteiger partial charge in [0, 0.05) is 12.2 Å².